The third kappa shape index (κ3) is 4.85. The second kappa shape index (κ2) is 11.0. The summed E-state index contributed by atoms with van der Waals surface area (Å²) in [5, 5.41) is 12.6. The minimum Gasteiger partial charge on any atom is -0.493 e. The van der Waals surface area contributed by atoms with E-state index in [0.29, 0.717) is 55.0 Å². The molecule has 0 N–H and O–H groups in total. The lowest BCUT2D eigenvalue weighted by Crippen LogP contribution is -2.39. The third-order valence-electron chi connectivity index (χ3n) is 8.83. The number of non-ortho nitro benzene ring substituents is 1. The van der Waals surface area contributed by atoms with E-state index in [1.165, 1.54) is 17.7 Å². The Balaban J connectivity index is 1.66. The molecule has 3 heterocycles. The Morgan fingerprint density at radius 1 is 1.07 bits per heavy atom. The van der Waals surface area contributed by atoms with Gasteiger partial charge in [0.15, 0.2) is 11.5 Å². The molecule has 2 unspecified atom stereocenters. The van der Waals surface area contributed by atoms with E-state index in [4.69, 9.17) is 28.5 Å². The first-order chi connectivity index (χ1) is 20.6. The van der Waals surface area contributed by atoms with E-state index in [0.717, 1.165) is 16.7 Å². The van der Waals surface area contributed by atoms with Crippen LogP contribution in [0.3, 0.4) is 0 Å². The van der Waals surface area contributed by atoms with E-state index in [1.54, 1.807) is 26.4 Å². The van der Waals surface area contributed by atoms with Gasteiger partial charge in [-0.2, -0.15) is 0 Å². The number of nitro benzene ring substituents is 1. The third-order valence-corrected chi connectivity index (χ3v) is 11.9. The van der Waals surface area contributed by atoms with Gasteiger partial charge in [-0.1, -0.05) is 19.9 Å². The van der Waals surface area contributed by atoms with Gasteiger partial charge in [0.1, 0.15) is 0 Å². The van der Waals surface area contributed by atoms with Crippen LogP contribution in [0, 0.1) is 10.1 Å². The Morgan fingerprint density at radius 2 is 1.81 bits per heavy atom. The van der Waals surface area contributed by atoms with Crippen LogP contribution in [0.4, 0.5) is 22.7 Å². The lowest BCUT2D eigenvalue weighted by atomic mass is 9.81. The van der Waals surface area contributed by atoms with E-state index >= 15 is 0 Å². The molecule has 12 heteroatoms. The Bertz CT molecular complexity index is 1680. The van der Waals surface area contributed by atoms with Crippen LogP contribution >= 0.6 is 7.43 Å². The number of fused-ring (bicyclic) bond motifs is 2. The zero-order valence-electron chi connectivity index (χ0n) is 25.2. The standard InChI is InChI=1S/C31H36N5O6P/c1-20-31(2,3)24-18-29-25(19-26(24)34(20)4)32-30(21-10-11-27(39-5)28(16-21)40-6)42-43(29,35-12-14-41-15-13-35)33-22-8-7-9-23(17-22)36(37)38/h7-11,16-20H,12-15H2,1-6H3. The van der Waals surface area contributed by atoms with Crippen LogP contribution in [0.5, 0.6) is 11.5 Å². The number of anilines is 1. The summed E-state index contributed by atoms with van der Waals surface area (Å²) >= 11 is 0. The van der Waals surface area contributed by atoms with E-state index in [1.807, 2.05) is 18.2 Å². The van der Waals surface area contributed by atoms with Gasteiger partial charge in [0.2, 0.25) is 13.3 Å². The van der Waals surface area contributed by atoms with E-state index < -0.39 is 12.4 Å². The second-order valence-electron chi connectivity index (χ2n) is 11.4. The van der Waals surface area contributed by atoms with Crippen molar-refractivity contribution in [1.82, 2.24) is 4.67 Å². The summed E-state index contributed by atoms with van der Waals surface area (Å²) in [6, 6.07) is 16.6. The van der Waals surface area contributed by atoms with Gasteiger partial charge in [0, 0.05) is 55.0 Å². The van der Waals surface area contributed by atoms with Gasteiger partial charge in [-0.3, -0.25) is 10.1 Å². The number of ether oxygens (including phenoxy) is 3. The summed E-state index contributed by atoms with van der Waals surface area (Å²) in [6.07, 6.45) is 0. The molecule has 0 amide bonds. The van der Waals surface area contributed by atoms with Crippen molar-refractivity contribution < 1.29 is 23.7 Å². The van der Waals surface area contributed by atoms with Crippen molar-refractivity contribution in [2.45, 2.75) is 32.2 Å². The molecule has 0 radical (unpaired) electrons. The Morgan fingerprint density at radius 3 is 2.51 bits per heavy atom. The lowest BCUT2D eigenvalue weighted by Gasteiger charge is -2.41. The Kier molecular flexibility index (Phi) is 7.44. The predicted molar refractivity (Wildman–Crippen MR) is 168 cm³/mol. The maximum Gasteiger partial charge on any atom is 0.271 e. The molecule has 1 fully saturated rings. The highest BCUT2D eigenvalue weighted by Gasteiger charge is 2.46. The SMILES string of the molecule is COc1ccc(C2=Nc3cc4c(cc3P(=Nc3cccc([N+](=O)[O-])c3)(N3CCOCC3)O2)C(C)(C)C(C)N4C)cc1OC. The van der Waals surface area contributed by atoms with Gasteiger partial charge in [-0.15, -0.1) is 0 Å². The Hall–Kier alpha value is -3.92. The van der Waals surface area contributed by atoms with Crippen LogP contribution in [0.25, 0.3) is 0 Å². The van der Waals surface area contributed by atoms with Crippen LogP contribution in [0.15, 0.2) is 64.3 Å². The highest BCUT2D eigenvalue weighted by atomic mass is 31.2. The maximum absolute atomic E-state index is 11.7. The summed E-state index contributed by atoms with van der Waals surface area (Å²) in [5.41, 5.74) is 4.08. The van der Waals surface area contributed by atoms with Gasteiger partial charge in [-0.25, -0.2) is 14.4 Å². The first-order valence-corrected chi connectivity index (χ1v) is 15.8. The number of benzene rings is 3. The number of hydrogen-bond donors (Lipinski definition) is 0. The number of morpholine rings is 1. The quantitative estimate of drug-likeness (QED) is 0.187. The van der Waals surface area contributed by atoms with Crippen LogP contribution < -0.4 is 19.7 Å². The first kappa shape index (κ1) is 29.2. The summed E-state index contributed by atoms with van der Waals surface area (Å²) in [7, 11) is 2.21. The molecule has 1 saturated heterocycles. The number of rotatable bonds is 6. The van der Waals surface area contributed by atoms with E-state index in [2.05, 4.69) is 49.5 Å². The average molecular weight is 606 g/mol. The molecule has 0 saturated carbocycles. The largest absolute Gasteiger partial charge is 0.493 e. The van der Waals surface area contributed by atoms with Crippen molar-refractivity contribution in [2.75, 3.05) is 52.5 Å². The van der Waals surface area contributed by atoms with Crippen molar-refractivity contribution in [1.29, 1.82) is 0 Å². The van der Waals surface area contributed by atoms with Crippen molar-refractivity contribution in [2.24, 2.45) is 9.74 Å². The van der Waals surface area contributed by atoms with Gasteiger partial charge in [-0.05, 0) is 48.9 Å². The first-order valence-electron chi connectivity index (χ1n) is 14.2. The smallest absolute Gasteiger partial charge is 0.271 e. The maximum atomic E-state index is 11.7. The second-order valence-corrected chi connectivity index (χ2v) is 13.9. The molecular weight excluding hydrogens is 569 g/mol. The Labute approximate surface area is 251 Å². The van der Waals surface area contributed by atoms with Gasteiger partial charge in [0.25, 0.3) is 5.69 Å². The minimum atomic E-state index is -3.09. The molecule has 11 nitrogen and oxygen atoms in total. The molecule has 0 spiro atoms. The summed E-state index contributed by atoms with van der Waals surface area (Å²) in [4.78, 5) is 18.7. The summed E-state index contributed by atoms with van der Waals surface area (Å²) in [6.45, 7) is 8.94. The molecule has 226 valence electrons. The fourth-order valence-corrected chi connectivity index (χ4v) is 9.03. The molecule has 3 aromatic carbocycles. The molecular formula is C31H36N5O6P. The highest BCUT2D eigenvalue weighted by Crippen LogP contribution is 2.61. The van der Waals surface area contributed by atoms with Crippen LogP contribution in [0.1, 0.15) is 31.9 Å². The number of methoxy groups -OCH3 is 2. The van der Waals surface area contributed by atoms with Gasteiger partial charge >= 0.3 is 0 Å². The number of likely N-dealkylation sites (N-methyl/N-ethyl adjacent to an activating group) is 1. The molecule has 6 rings (SSSR count). The van der Waals surface area contributed by atoms with Crippen LogP contribution in [-0.2, 0) is 14.7 Å². The normalized spacial score (nSPS) is 22.6. The number of hydrogen-bond acceptors (Lipinski definition) is 9. The monoisotopic (exact) mass is 605 g/mol. The number of nitrogens with zero attached hydrogens (tertiary/aromatic N) is 5. The fraction of sp³-hybridized carbons (Fsp3) is 0.387. The lowest BCUT2D eigenvalue weighted by molar-refractivity contribution is -0.384. The molecule has 0 aliphatic carbocycles. The molecule has 3 aliphatic rings. The minimum absolute atomic E-state index is 0.0297. The molecule has 0 aromatic heterocycles. The molecule has 3 aliphatic heterocycles. The van der Waals surface area contributed by atoms with Crippen molar-refractivity contribution in [3.63, 3.8) is 0 Å². The van der Waals surface area contributed by atoms with Gasteiger partial charge < -0.3 is 23.6 Å². The van der Waals surface area contributed by atoms with Crippen molar-refractivity contribution in [3.8, 4) is 11.5 Å². The van der Waals surface area contributed by atoms with E-state index in [9.17, 15) is 10.1 Å². The average Bonchev–Trinajstić information content (AvgIpc) is 3.19. The zero-order valence-corrected chi connectivity index (χ0v) is 26.1. The van der Waals surface area contributed by atoms with Crippen LogP contribution in [-0.4, -0.2) is 69.1 Å². The van der Waals surface area contributed by atoms with Crippen molar-refractivity contribution >= 4 is 41.4 Å². The topological polar surface area (TPSA) is 111 Å². The van der Waals surface area contributed by atoms with Gasteiger partial charge in [0.05, 0.1) is 49.0 Å². The number of aliphatic imine (C=N–C) groups is 1. The molecule has 43 heavy (non-hydrogen) atoms. The van der Waals surface area contributed by atoms with E-state index in [-0.39, 0.29) is 17.1 Å². The molecule has 0 bridgehead atoms. The molecule has 3 aromatic rings. The molecule has 2 atom stereocenters. The number of nitro groups is 1. The fourth-order valence-electron chi connectivity index (χ4n) is 6.00. The zero-order chi connectivity index (χ0) is 30.5. The van der Waals surface area contributed by atoms with Crippen molar-refractivity contribution in [3.05, 3.63) is 75.8 Å². The predicted octanol–water partition coefficient (Wildman–Crippen LogP) is 6.16. The summed E-state index contributed by atoms with van der Waals surface area (Å²) in [5.74, 6) is 1.54. The van der Waals surface area contributed by atoms with Crippen LogP contribution in [0.2, 0.25) is 0 Å². The summed E-state index contributed by atoms with van der Waals surface area (Å²) < 4.78 is 31.5. The highest BCUT2D eigenvalue weighted by molar-refractivity contribution is 7.68.